The summed E-state index contributed by atoms with van der Waals surface area (Å²) in [7, 11) is 0. The quantitative estimate of drug-likeness (QED) is 0.855. The van der Waals surface area contributed by atoms with E-state index in [-0.39, 0.29) is 11.4 Å². The van der Waals surface area contributed by atoms with Crippen LogP contribution in [0.25, 0.3) is 0 Å². The number of hydrogen-bond donors (Lipinski definition) is 0. The molecule has 1 heterocycles. The normalized spacial score (nSPS) is 10.8. The van der Waals surface area contributed by atoms with Crippen molar-refractivity contribution in [2.45, 2.75) is 40.2 Å². The molecule has 0 radical (unpaired) electrons. The molecule has 0 aliphatic heterocycles. The van der Waals surface area contributed by atoms with Crippen molar-refractivity contribution in [3.8, 4) is 11.6 Å². The Labute approximate surface area is 119 Å². The van der Waals surface area contributed by atoms with E-state index in [1.165, 1.54) is 5.56 Å². The molecule has 1 aromatic carbocycles. The van der Waals surface area contributed by atoms with Crippen molar-refractivity contribution >= 4 is 0 Å². The van der Waals surface area contributed by atoms with E-state index in [1.807, 2.05) is 26.0 Å². The molecule has 0 aliphatic carbocycles. The third-order valence-electron chi connectivity index (χ3n) is 3.18. The van der Waals surface area contributed by atoms with Crippen molar-refractivity contribution in [3.05, 3.63) is 52.1 Å². The Balaban J connectivity index is 2.38. The summed E-state index contributed by atoms with van der Waals surface area (Å²) in [5, 5.41) is 0. The minimum absolute atomic E-state index is 0.120. The number of rotatable bonds is 4. The van der Waals surface area contributed by atoms with Gasteiger partial charge in [0.05, 0.1) is 0 Å². The van der Waals surface area contributed by atoms with Crippen molar-refractivity contribution in [1.82, 2.24) is 9.55 Å². The van der Waals surface area contributed by atoms with Crippen molar-refractivity contribution < 1.29 is 4.74 Å². The van der Waals surface area contributed by atoms with Crippen LogP contribution in [0.1, 0.15) is 37.8 Å². The summed E-state index contributed by atoms with van der Waals surface area (Å²) < 4.78 is 7.25. The van der Waals surface area contributed by atoms with Gasteiger partial charge in [-0.05, 0) is 43.0 Å². The summed E-state index contributed by atoms with van der Waals surface area (Å²) in [5.41, 5.74) is 2.09. The Kier molecular flexibility index (Phi) is 4.23. The average molecular weight is 272 g/mol. The Morgan fingerprint density at radius 3 is 2.70 bits per heavy atom. The van der Waals surface area contributed by atoms with Gasteiger partial charge in [-0.25, -0.2) is 4.98 Å². The summed E-state index contributed by atoms with van der Waals surface area (Å²) >= 11 is 0. The van der Waals surface area contributed by atoms with Crippen LogP contribution in [0, 0.1) is 6.92 Å². The maximum atomic E-state index is 12.1. The Morgan fingerprint density at radius 1 is 1.30 bits per heavy atom. The summed E-state index contributed by atoms with van der Waals surface area (Å²) in [6, 6.07) is 6.00. The third kappa shape index (κ3) is 3.07. The van der Waals surface area contributed by atoms with Gasteiger partial charge in [0.25, 0.3) is 5.88 Å². The molecule has 2 rings (SSSR count). The molecule has 106 valence electrons. The maximum absolute atomic E-state index is 12.1. The van der Waals surface area contributed by atoms with Gasteiger partial charge in [0.1, 0.15) is 5.75 Å². The lowest BCUT2D eigenvalue weighted by Crippen LogP contribution is -2.20. The molecule has 0 N–H and O–H groups in total. The molecule has 0 saturated heterocycles. The summed E-state index contributed by atoms with van der Waals surface area (Å²) in [6.07, 6.45) is 3.24. The lowest BCUT2D eigenvalue weighted by molar-refractivity contribution is 0.444. The fourth-order valence-electron chi connectivity index (χ4n) is 2.03. The Hall–Kier alpha value is -2.10. The smallest absolute Gasteiger partial charge is 0.313 e. The topological polar surface area (TPSA) is 44.1 Å². The Morgan fingerprint density at radius 2 is 2.05 bits per heavy atom. The highest BCUT2D eigenvalue weighted by molar-refractivity contribution is 5.37. The van der Waals surface area contributed by atoms with E-state index >= 15 is 0 Å². The molecule has 2 aromatic rings. The highest BCUT2D eigenvalue weighted by atomic mass is 16.5. The fraction of sp³-hybridized carbons (Fsp3) is 0.375. The van der Waals surface area contributed by atoms with Crippen LogP contribution in [0.4, 0.5) is 0 Å². The number of ether oxygens (including phenoxy) is 1. The second-order valence-electron chi connectivity index (χ2n) is 5.16. The molecule has 0 spiro atoms. The van der Waals surface area contributed by atoms with E-state index in [0.717, 1.165) is 5.56 Å². The first-order valence-electron chi connectivity index (χ1n) is 6.86. The van der Waals surface area contributed by atoms with Gasteiger partial charge in [0.15, 0.2) is 0 Å². The van der Waals surface area contributed by atoms with E-state index in [2.05, 4.69) is 24.9 Å². The molecular formula is C16H20N2O2. The second kappa shape index (κ2) is 5.90. The lowest BCUT2D eigenvalue weighted by atomic mass is 10.0. The van der Waals surface area contributed by atoms with Crippen molar-refractivity contribution in [1.29, 1.82) is 0 Å². The first-order chi connectivity index (χ1) is 9.51. The van der Waals surface area contributed by atoms with Gasteiger partial charge in [-0.15, -0.1) is 0 Å². The first kappa shape index (κ1) is 14.3. The number of nitrogens with zero attached hydrogens (tertiary/aromatic N) is 2. The van der Waals surface area contributed by atoms with Crippen LogP contribution in [0.2, 0.25) is 0 Å². The maximum Gasteiger partial charge on any atom is 0.313 e. The minimum atomic E-state index is -0.206. The zero-order chi connectivity index (χ0) is 14.7. The first-order valence-corrected chi connectivity index (χ1v) is 6.86. The SMILES string of the molecule is CCn1ccnc(Oc2cc(C)cc(C(C)C)c2)c1=O. The van der Waals surface area contributed by atoms with Crippen LogP contribution in [0.15, 0.2) is 35.4 Å². The molecule has 4 nitrogen and oxygen atoms in total. The van der Waals surface area contributed by atoms with E-state index in [9.17, 15) is 4.79 Å². The monoisotopic (exact) mass is 272 g/mol. The van der Waals surface area contributed by atoms with Crippen molar-refractivity contribution in [3.63, 3.8) is 0 Å². The largest absolute Gasteiger partial charge is 0.435 e. The standard InChI is InChI=1S/C16H20N2O2/c1-5-18-7-6-17-15(16(18)19)20-14-9-12(4)8-13(10-14)11(2)3/h6-11H,5H2,1-4H3. The van der Waals surface area contributed by atoms with Crippen molar-refractivity contribution in [2.75, 3.05) is 0 Å². The van der Waals surface area contributed by atoms with Gasteiger partial charge in [-0.3, -0.25) is 4.79 Å². The van der Waals surface area contributed by atoms with Gasteiger partial charge >= 0.3 is 5.56 Å². The molecular weight excluding hydrogens is 252 g/mol. The molecule has 0 bridgehead atoms. The highest BCUT2D eigenvalue weighted by Crippen LogP contribution is 2.24. The molecule has 0 aliphatic rings. The van der Waals surface area contributed by atoms with Gasteiger partial charge in [-0.2, -0.15) is 0 Å². The summed E-state index contributed by atoms with van der Waals surface area (Å²) in [4.78, 5) is 16.1. The molecule has 4 heteroatoms. The van der Waals surface area contributed by atoms with E-state index in [1.54, 1.807) is 17.0 Å². The third-order valence-corrected chi connectivity index (χ3v) is 3.18. The van der Waals surface area contributed by atoms with Crippen LogP contribution < -0.4 is 10.3 Å². The van der Waals surface area contributed by atoms with E-state index < -0.39 is 0 Å². The molecule has 0 unspecified atom stereocenters. The van der Waals surface area contributed by atoms with Gasteiger partial charge in [0, 0.05) is 18.9 Å². The van der Waals surface area contributed by atoms with Gasteiger partial charge < -0.3 is 9.30 Å². The van der Waals surface area contributed by atoms with E-state index in [0.29, 0.717) is 18.2 Å². The van der Waals surface area contributed by atoms with Crippen LogP contribution in [0.3, 0.4) is 0 Å². The van der Waals surface area contributed by atoms with Crippen LogP contribution in [-0.2, 0) is 6.54 Å². The zero-order valence-electron chi connectivity index (χ0n) is 12.4. The van der Waals surface area contributed by atoms with Crippen LogP contribution >= 0.6 is 0 Å². The molecule has 0 saturated carbocycles. The van der Waals surface area contributed by atoms with Gasteiger partial charge in [-0.1, -0.05) is 19.9 Å². The van der Waals surface area contributed by atoms with Gasteiger partial charge in [0.2, 0.25) is 0 Å². The molecule has 0 atom stereocenters. The predicted molar refractivity (Wildman–Crippen MR) is 79.5 cm³/mol. The molecule has 0 amide bonds. The van der Waals surface area contributed by atoms with Crippen LogP contribution in [-0.4, -0.2) is 9.55 Å². The van der Waals surface area contributed by atoms with Crippen molar-refractivity contribution in [2.24, 2.45) is 0 Å². The molecule has 0 fully saturated rings. The minimum Gasteiger partial charge on any atom is -0.435 e. The number of benzene rings is 1. The van der Waals surface area contributed by atoms with E-state index in [4.69, 9.17) is 4.74 Å². The second-order valence-corrected chi connectivity index (χ2v) is 5.16. The fourth-order valence-corrected chi connectivity index (χ4v) is 2.03. The Bertz CT molecular complexity index is 660. The summed E-state index contributed by atoms with van der Waals surface area (Å²) in [5.74, 6) is 1.19. The number of aryl methyl sites for hydroxylation is 2. The lowest BCUT2D eigenvalue weighted by Gasteiger charge is -2.11. The molecule has 20 heavy (non-hydrogen) atoms. The molecule has 1 aromatic heterocycles. The highest BCUT2D eigenvalue weighted by Gasteiger charge is 2.09. The zero-order valence-corrected chi connectivity index (χ0v) is 12.4. The average Bonchev–Trinajstić information content (AvgIpc) is 2.40. The van der Waals surface area contributed by atoms with Crippen LogP contribution in [0.5, 0.6) is 11.6 Å². The number of aromatic nitrogens is 2. The summed E-state index contributed by atoms with van der Waals surface area (Å²) in [6.45, 7) is 8.78. The predicted octanol–water partition coefficient (Wildman–Crippen LogP) is 3.49. The number of hydrogen-bond acceptors (Lipinski definition) is 3.